The minimum atomic E-state index is -1.54. The predicted molar refractivity (Wildman–Crippen MR) is 68.6 cm³/mol. The van der Waals surface area contributed by atoms with Gasteiger partial charge in [-0.05, 0) is 12.1 Å². The molecule has 0 aliphatic carbocycles. The average molecular weight is 252 g/mol. The van der Waals surface area contributed by atoms with Gasteiger partial charge in [0.1, 0.15) is 20.7 Å². The molecule has 0 amide bonds. The molecule has 1 heterocycles. The van der Waals surface area contributed by atoms with Gasteiger partial charge in [0.2, 0.25) is 0 Å². The van der Waals surface area contributed by atoms with Crippen LogP contribution in [0.15, 0.2) is 36.9 Å². The van der Waals surface area contributed by atoms with Gasteiger partial charge in [0.05, 0.1) is 0 Å². The fraction of sp³-hybridized carbons (Fsp3) is 0.273. The topological polar surface area (TPSA) is 30.7 Å². The Labute approximate surface area is 101 Å². The molecule has 0 fully saturated rings. The number of aromatic nitrogens is 3. The molecular formula is C11H14ClN3Si. The number of nitrogens with zero attached hydrogens (tertiary/aromatic N) is 3. The van der Waals surface area contributed by atoms with E-state index >= 15 is 0 Å². The fourth-order valence-electron chi connectivity index (χ4n) is 1.72. The summed E-state index contributed by atoms with van der Waals surface area (Å²) in [4.78, 5) is 3.97. The van der Waals surface area contributed by atoms with Crippen molar-refractivity contribution >= 4 is 24.9 Å². The molecule has 2 aromatic rings. The van der Waals surface area contributed by atoms with Crippen LogP contribution in [-0.2, 0) is 6.17 Å². The third kappa shape index (κ3) is 2.51. The average Bonchev–Trinajstić information content (AvgIpc) is 2.70. The molecule has 0 atom stereocenters. The Morgan fingerprint density at radius 1 is 1.38 bits per heavy atom. The van der Waals surface area contributed by atoms with Crippen LogP contribution in [0.3, 0.4) is 0 Å². The monoisotopic (exact) mass is 251 g/mol. The van der Waals surface area contributed by atoms with Crippen LogP contribution in [0.25, 0.3) is 0 Å². The van der Waals surface area contributed by atoms with Crippen LogP contribution < -0.4 is 5.19 Å². The smallest absolute Gasteiger partial charge is 0.137 e. The van der Waals surface area contributed by atoms with Crippen LogP contribution in [0.1, 0.15) is 0 Å². The summed E-state index contributed by atoms with van der Waals surface area (Å²) in [5, 5.41) is 6.30. The summed E-state index contributed by atoms with van der Waals surface area (Å²) in [5.74, 6) is 0. The Morgan fingerprint density at radius 2 is 2.19 bits per heavy atom. The van der Waals surface area contributed by atoms with E-state index in [-0.39, 0.29) is 0 Å². The Morgan fingerprint density at radius 3 is 2.81 bits per heavy atom. The predicted octanol–water partition coefficient (Wildman–Crippen LogP) is 2.09. The van der Waals surface area contributed by atoms with Crippen molar-refractivity contribution < 1.29 is 0 Å². The van der Waals surface area contributed by atoms with E-state index < -0.39 is 8.07 Å². The molecule has 0 bridgehead atoms. The summed E-state index contributed by atoms with van der Waals surface area (Å²) >= 11 is 6.02. The minimum absolute atomic E-state index is 0.802. The van der Waals surface area contributed by atoms with Gasteiger partial charge in [-0.2, -0.15) is 5.10 Å². The SMILES string of the molecule is C[Si](C)(Cn1cncn1)c1cccc(Cl)c1. The second kappa shape index (κ2) is 4.39. The van der Waals surface area contributed by atoms with E-state index in [1.165, 1.54) is 5.19 Å². The van der Waals surface area contributed by atoms with Gasteiger partial charge in [0.15, 0.2) is 0 Å². The molecule has 84 valence electrons. The van der Waals surface area contributed by atoms with Crippen LogP contribution in [-0.4, -0.2) is 22.8 Å². The molecule has 1 aromatic carbocycles. The third-order valence-corrected chi connectivity index (χ3v) is 5.85. The van der Waals surface area contributed by atoms with Crippen molar-refractivity contribution in [3.05, 3.63) is 41.9 Å². The minimum Gasteiger partial charge on any atom is -0.256 e. The number of benzene rings is 1. The standard InChI is InChI=1S/C11H14ClN3Si/c1-16(2,9-15-8-13-7-14-15)11-5-3-4-10(12)6-11/h3-8H,9H2,1-2H3. The maximum Gasteiger partial charge on any atom is 0.137 e. The quantitative estimate of drug-likeness (QED) is 0.783. The third-order valence-electron chi connectivity index (χ3n) is 2.63. The van der Waals surface area contributed by atoms with E-state index in [2.05, 4.69) is 35.3 Å². The van der Waals surface area contributed by atoms with Crippen molar-refractivity contribution in [2.75, 3.05) is 0 Å². The zero-order valence-electron chi connectivity index (χ0n) is 9.39. The summed E-state index contributed by atoms with van der Waals surface area (Å²) in [6, 6.07) is 8.12. The Balaban J connectivity index is 2.24. The number of hydrogen-bond donors (Lipinski definition) is 0. The number of hydrogen-bond acceptors (Lipinski definition) is 2. The Hall–Kier alpha value is -1.13. The molecular weight excluding hydrogens is 238 g/mol. The summed E-state index contributed by atoms with van der Waals surface area (Å²) < 4.78 is 1.90. The van der Waals surface area contributed by atoms with Crippen molar-refractivity contribution in [1.29, 1.82) is 0 Å². The normalized spacial score (nSPS) is 11.7. The summed E-state index contributed by atoms with van der Waals surface area (Å²) in [6.07, 6.45) is 4.26. The maximum atomic E-state index is 6.02. The van der Waals surface area contributed by atoms with E-state index in [1.807, 2.05) is 16.8 Å². The first-order chi connectivity index (χ1) is 7.58. The molecule has 0 unspecified atom stereocenters. The largest absolute Gasteiger partial charge is 0.256 e. The summed E-state index contributed by atoms with van der Waals surface area (Å²) in [7, 11) is -1.54. The maximum absolute atomic E-state index is 6.02. The zero-order valence-corrected chi connectivity index (χ0v) is 11.1. The van der Waals surface area contributed by atoms with Crippen molar-refractivity contribution in [3.63, 3.8) is 0 Å². The molecule has 16 heavy (non-hydrogen) atoms. The number of rotatable bonds is 3. The van der Waals surface area contributed by atoms with E-state index in [1.54, 1.807) is 12.7 Å². The van der Waals surface area contributed by atoms with Gasteiger partial charge in [-0.3, -0.25) is 4.68 Å². The zero-order chi connectivity index (χ0) is 11.6. The van der Waals surface area contributed by atoms with Gasteiger partial charge < -0.3 is 0 Å². The van der Waals surface area contributed by atoms with Crippen LogP contribution in [0, 0.1) is 0 Å². The van der Waals surface area contributed by atoms with Crippen molar-refractivity contribution in [1.82, 2.24) is 14.8 Å². The lowest BCUT2D eigenvalue weighted by molar-refractivity contribution is 0.725. The van der Waals surface area contributed by atoms with Crippen molar-refractivity contribution in [3.8, 4) is 0 Å². The lowest BCUT2D eigenvalue weighted by Gasteiger charge is -2.22. The highest BCUT2D eigenvalue weighted by Crippen LogP contribution is 2.11. The van der Waals surface area contributed by atoms with Gasteiger partial charge in [-0.1, -0.05) is 42.0 Å². The number of halogens is 1. The molecule has 3 nitrogen and oxygen atoms in total. The van der Waals surface area contributed by atoms with Gasteiger partial charge >= 0.3 is 0 Å². The second-order valence-corrected chi connectivity index (χ2v) is 9.59. The van der Waals surface area contributed by atoms with Crippen molar-refractivity contribution in [2.24, 2.45) is 0 Å². The highest BCUT2D eigenvalue weighted by molar-refractivity contribution is 6.88. The molecule has 1 aromatic heterocycles. The lowest BCUT2D eigenvalue weighted by atomic mass is 10.4. The van der Waals surface area contributed by atoms with Gasteiger partial charge in [0, 0.05) is 11.2 Å². The molecule has 0 saturated heterocycles. The van der Waals surface area contributed by atoms with E-state index in [9.17, 15) is 0 Å². The van der Waals surface area contributed by atoms with Gasteiger partial charge in [-0.25, -0.2) is 4.98 Å². The molecule has 0 saturated carbocycles. The first-order valence-corrected chi connectivity index (χ1v) is 8.75. The van der Waals surface area contributed by atoms with Crippen LogP contribution in [0.4, 0.5) is 0 Å². The highest BCUT2D eigenvalue weighted by Gasteiger charge is 2.24. The molecule has 5 heteroatoms. The van der Waals surface area contributed by atoms with Crippen LogP contribution in [0.5, 0.6) is 0 Å². The van der Waals surface area contributed by atoms with Crippen LogP contribution >= 0.6 is 11.6 Å². The first-order valence-electron chi connectivity index (χ1n) is 5.16. The fourth-order valence-corrected chi connectivity index (χ4v) is 4.25. The Kier molecular flexibility index (Phi) is 3.12. The Bertz CT molecular complexity index is 468. The van der Waals surface area contributed by atoms with E-state index in [0.29, 0.717) is 0 Å². The molecule has 0 N–H and O–H groups in total. The highest BCUT2D eigenvalue weighted by atomic mass is 35.5. The molecule has 0 radical (unpaired) electrons. The van der Waals surface area contributed by atoms with Gasteiger partial charge in [0.25, 0.3) is 0 Å². The molecule has 0 aliphatic heterocycles. The van der Waals surface area contributed by atoms with E-state index in [0.717, 1.165) is 11.2 Å². The summed E-state index contributed by atoms with van der Waals surface area (Å²) in [5.41, 5.74) is 0. The lowest BCUT2D eigenvalue weighted by Crippen LogP contribution is -2.46. The molecule has 0 aliphatic rings. The second-order valence-electron chi connectivity index (χ2n) is 4.49. The summed E-state index contributed by atoms with van der Waals surface area (Å²) in [6.45, 7) is 4.61. The molecule has 2 rings (SSSR count). The van der Waals surface area contributed by atoms with E-state index in [4.69, 9.17) is 11.6 Å². The van der Waals surface area contributed by atoms with Crippen LogP contribution in [0.2, 0.25) is 18.1 Å². The molecule has 0 spiro atoms. The van der Waals surface area contributed by atoms with Gasteiger partial charge in [-0.15, -0.1) is 0 Å². The first kappa shape index (κ1) is 11.4. The van der Waals surface area contributed by atoms with Crippen molar-refractivity contribution in [2.45, 2.75) is 19.3 Å².